The fourth-order valence-corrected chi connectivity index (χ4v) is 2.74. The number of ether oxygens (including phenoxy) is 1. The van der Waals surface area contributed by atoms with Crippen molar-refractivity contribution in [3.63, 3.8) is 0 Å². The molecule has 0 N–H and O–H groups in total. The van der Waals surface area contributed by atoms with Crippen molar-refractivity contribution in [2.75, 3.05) is 13.2 Å². The minimum atomic E-state index is -4.23. The molecule has 0 aromatic rings. The third-order valence-electron chi connectivity index (χ3n) is 3.82. The van der Waals surface area contributed by atoms with E-state index in [2.05, 4.69) is 25.7 Å². The third-order valence-corrected chi connectivity index (χ3v) is 3.82. The van der Waals surface area contributed by atoms with Crippen molar-refractivity contribution in [1.29, 1.82) is 0 Å². The molecule has 0 heterocycles. The number of halogens is 3. The van der Waals surface area contributed by atoms with Gasteiger partial charge in [0, 0.05) is 0 Å². The van der Waals surface area contributed by atoms with Crippen molar-refractivity contribution in [3.8, 4) is 0 Å². The van der Waals surface area contributed by atoms with Gasteiger partial charge in [-0.1, -0.05) is 38.0 Å². The second-order valence-corrected chi connectivity index (χ2v) is 5.59. The first-order valence-corrected chi connectivity index (χ1v) is 7.40. The van der Waals surface area contributed by atoms with Gasteiger partial charge in [0.1, 0.15) is 6.61 Å². The average molecular weight is 290 g/mol. The van der Waals surface area contributed by atoms with Crippen molar-refractivity contribution in [3.05, 3.63) is 24.8 Å². The Morgan fingerprint density at radius 3 is 2.65 bits per heavy atom. The molecule has 1 saturated carbocycles. The molecule has 1 rings (SSSR count). The second-order valence-electron chi connectivity index (χ2n) is 5.59. The van der Waals surface area contributed by atoms with Gasteiger partial charge in [-0.25, -0.2) is 0 Å². The van der Waals surface area contributed by atoms with Crippen LogP contribution in [-0.2, 0) is 4.74 Å². The number of alkyl halides is 3. The van der Waals surface area contributed by atoms with E-state index in [1.807, 2.05) is 6.08 Å². The van der Waals surface area contributed by atoms with Gasteiger partial charge < -0.3 is 4.74 Å². The van der Waals surface area contributed by atoms with Crippen LogP contribution < -0.4 is 0 Å². The number of rotatable bonds is 8. The van der Waals surface area contributed by atoms with Crippen LogP contribution in [0.25, 0.3) is 0 Å². The van der Waals surface area contributed by atoms with E-state index < -0.39 is 12.8 Å². The maximum absolute atomic E-state index is 12.1. The molecular weight excluding hydrogens is 265 g/mol. The van der Waals surface area contributed by atoms with Crippen LogP contribution >= 0.6 is 0 Å². The molecule has 0 aromatic carbocycles. The molecule has 0 spiro atoms. The van der Waals surface area contributed by atoms with Gasteiger partial charge in [0.25, 0.3) is 0 Å². The zero-order valence-electron chi connectivity index (χ0n) is 12.2. The lowest BCUT2D eigenvalue weighted by molar-refractivity contribution is -0.177. The Morgan fingerprint density at radius 2 is 2.05 bits per heavy atom. The third kappa shape index (κ3) is 6.60. The molecule has 0 saturated heterocycles. The maximum Gasteiger partial charge on any atom is 0.411 e. The zero-order chi connectivity index (χ0) is 15.0. The molecular formula is C16H25F3O. The predicted octanol–water partition coefficient (Wildman–Crippen LogP) is 5.14. The molecule has 1 aliphatic carbocycles. The van der Waals surface area contributed by atoms with E-state index in [0.29, 0.717) is 11.8 Å². The SMILES string of the molecule is C=CC1CC(/C=C/CCCC)C(COCC(F)(F)F)C1. The Labute approximate surface area is 119 Å². The normalized spacial score (nSPS) is 27.3. The maximum atomic E-state index is 12.1. The first-order valence-electron chi connectivity index (χ1n) is 7.40. The van der Waals surface area contributed by atoms with E-state index in [-0.39, 0.29) is 12.5 Å². The molecule has 1 nitrogen and oxygen atoms in total. The fourth-order valence-electron chi connectivity index (χ4n) is 2.74. The lowest BCUT2D eigenvalue weighted by atomic mass is 9.96. The van der Waals surface area contributed by atoms with Crippen molar-refractivity contribution in [2.24, 2.45) is 17.8 Å². The van der Waals surface area contributed by atoms with Gasteiger partial charge in [0.2, 0.25) is 0 Å². The number of hydrogen-bond donors (Lipinski definition) is 0. The number of unbranched alkanes of at least 4 members (excludes halogenated alkanes) is 2. The number of allylic oxidation sites excluding steroid dienone is 3. The van der Waals surface area contributed by atoms with Gasteiger partial charge in [0.15, 0.2) is 0 Å². The minimum Gasteiger partial charge on any atom is -0.372 e. The Morgan fingerprint density at radius 1 is 1.30 bits per heavy atom. The summed E-state index contributed by atoms with van der Waals surface area (Å²) >= 11 is 0. The van der Waals surface area contributed by atoms with Crippen LogP contribution in [0, 0.1) is 17.8 Å². The lowest BCUT2D eigenvalue weighted by Gasteiger charge is -2.17. The summed E-state index contributed by atoms with van der Waals surface area (Å²) in [7, 11) is 0. The standard InChI is InChI=1S/C16H25F3O/c1-3-5-6-7-8-14-9-13(4-2)10-15(14)11-20-12-16(17,18)19/h4,7-8,13-15H,2-3,5-6,9-12H2,1H3/b8-7+. The van der Waals surface area contributed by atoms with Gasteiger partial charge in [-0.15, -0.1) is 6.58 Å². The summed E-state index contributed by atoms with van der Waals surface area (Å²) in [4.78, 5) is 0. The van der Waals surface area contributed by atoms with Crippen LogP contribution in [0.1, 0.15) is 39.0 Å². The average Bonchev–Trinajstić information content (AvgIpc) is 2.76. The Kier molecular flexibility index (Phi) is 7.35. The highest BCUT2D eigenvalue weighted by molar-refractivity contribution is 5.00. The molecule has 1 fully saturated rings. The van der Waals surface area contributed by atoms with Crippen LogP contribution in [-0.4, -0.2) is 19.4 Å². The van der Waals surface area contributed by atoms with Gasteiger partial charge in [0.05, 0.1) is 6.61 Å². The molecule has 0 radical (unpaired) electrons. The van der Waals surface area contributed by atoms with Crippen molar-refractivity contribution in [1.82, 2.24) is 0 Å². The highest BCUT2D eigenvalue weighted by atomic mass is 19.4. The molecule has 0 aromatic heterocycles. The van der Waals surface area contributed by atoms with E-state index >= 15 is 0 Å². The first-order chi connectivity index (χ1) is 9.46. The summed E-state index contributed by atoms with van der Waals surface area (Å²) in [5.41, 5.74) is 0. The Bertz CT molecular complexity index is 309. The Hall–Kier alpha value is -0.770. The predicted molar refractivity (Wildman–Crippen MR) is 75.4 cm³/mol. The smallest absolute Gasteiger partial charge is 0.372 e. The largest absolute Gasteiger partial charge is 0.411 e. The Balaban J connectivity index is 2.43. The van der Waals surface area contributed by atoms with Crippen LogP contribution in [0.3, 0.4) is 0 Å². The first kappa shape index (κ1) is 17.3. The molecule has 0 bridgehead atoms. The molecule has 3 unspecified atom stereocenters. The van der Waals surface area contributed by atoms with E-state index in [1.54, 1.807) is 0 Å². The van der Waals surface area contributed by atoms with Crippen molar-refractivity contribution < 1.29 is 17.9 Å². The van der Waals surface area contributed by atoms with E-state index in [0.717, 1.165) is 32.1 Å². The van der Waals surface area contributed by atoms with Crippen LogP contribution in [0.4, 0.5) is 13.2 Å². The van der Waals surface area contributed by atoms with Gasteiger partial charge in [-0.3, -0.25) is 0 Å². The molecule has 20 heavy (non-hydrogen) atoms. The topological polar surface area (TPSA) is 9.23 Å². The molecule has 0 aliphatic heterocycles. The summed E-state index contributed by atoms with van der Waals surface area (Å²) in [5, 5.41) is 0. The highest BCUT2D eigenvalue weighted by Gasteiger charge is 2.33. The summed E-state index contributed by atoms with van der Waals surface area (Å²) in [6, 6.07) is 0. The van der Waals surface area contributed by atoms with E-state index in [1.165, 1.54) is 0 Å². The molecule has 4 heteroatoms. The van der Waals surface area contributed by atoms with E-state index in [4.69, 9.17) is 4.74 Å². The van der Waals surface area contributed by atoms with E-state index in [9.17, 15) is 13.2 Å². The van der Waals surface area contributed by atoms with Gasteiger partial charge in [-0.2, -0.15) is 13.2 Å². The molecule has 3 atom stereocenters. The zero-order valence-corrected chi connectivity index (χ0v) is 12.2. The number of hydrogen-bond acceptors (Lipinski definition) is 1. The lowest BCUT2D eigenvalue weighted by Crippen LogP contribution is -2.21. The van der Waals surface area contributed by atoms with Gasteiger partial charge >= 0.3 is 6.18 Å². The summed E-state index contributed by atoms with van der Waals surface area (Å²) in [6.45, 7) is 4.98. The van der Waals surface area contributed by atoms with Crippen LogP contribution in [0.15, 0.2) is 24.8 Å². The summed E-state index contributed by atoms with van der Waals surface area (Å²) in [6.07, 6.45) is 7.22. The highest BCUT2D eigenvalue weighted by Crippen LogP contribution is 2.38. The van der Waals surface area contributed by atoms with Crippen LogP contribution in [0.5, 0.6) is 0 Å². The summed E-state index contributed by atoms with van der Waals surface area (Å²) < 4.78 is 41.1. The molecule has 0 amide bonds. The summed E-state index contributed by atoms with van der Waals surface area (Å²) in [5.74, 6) is 0.900. The fraction of sp³-hybridized carbons (Fsp3) is 0.750. The minimum absolute atomic E-state index is 0.179. The second kappa shape index (κ2) is 8.50. The quantitative estimate of drug-likeness (QED) is 0.444. The van der Waals surface area contributed by atoms with Gasteiger partial charge in [-0.05, 0) is 37.0 Å². The molecule has 116 valence electrons. The monoisotopic (exact) mass is 290 g/mol. The molecule has 1 aliphatic rings. The van der Waals surface area contributed by atoms with Crippen molar-refractivity contribution >= 4 is 0 Å². The van der Waals surface area contributed by atoms with Crippen molar-refractivity contribution in [2.45, 2.75) is 45.2 Å². The van der Waals surface area contributed by atoms with Crippen LogP contribution in [0.2, 0.25) is 0 Å².